The van der Waals surface area contributed by atoms with Crippen molar-refractivity contribution < 1.29 is 9.53 Å². The van der Waals surface area contributed by atoms with Gasteiger partial charge in [0.05, 0.1) is 18.9 Å². The molecule has 3 rings (SSSR count). The fraction of sp³-hybridized carbons (Fsp3) is 0.421. The van der Waals surface area contributed by atoms with Gasteiger partial charge in [-0.05, 0) is 31.5 Å². The maximum absolute atomic E-state index is 12.4. The van der Waals surface area contributed by atoms with Crippen molar-refractivity contribution in [3.8, 4) is 11.3 Å². The zero-order valence-electron chi connectivity index (χ0n) is 15.2. The van der Waals surface area contributed by atoms with Crippen LogP contribution in [0.2, 0.25) is 0 Å². The van der Waals surface area contributed by atoms with Gasteiger partial charge in [-0.1, -0.05) is 17.7 Å². The summed E-state index contributed by atoms with van der Waals surface area (Å²) in [6.45, 7) is 8.42. The third-order valence-electron chi connectivity index (χ3n) is 4.48. The standard InChI is InChI=1S/C19H24N4O3/c1-13-3-4-14(2)15(11-13)16-12-17(22-19(25)21-16)18(24)20-5-6-23-7-9-26-10-8-23/h3-4,11-12H,5-10H2,1-2H3,(H,20,24)(H,21,22,25). The van der Waals surface area contributed by atoms with E-state index in [0.717, 1.165) is 49.5 Å². The van der Waals surface area contributed by atoms with Crippen LogP contribution in [-0.2, 0) is 4.74 Å². The van der Waals surface area contributed by atoms with Gasteiger partial charge in [0.2, 0.25) is 0 Å². The first-order valence-corrected chi connectivity index (χ1v) is 8.80. The molecule has 0 saturated carbocycles. The molecule has 7 nitrogen and oxygen atoms in total. The summed E-state index contributed by atoms with van der Waals surface area (Å²) >= 11 is 0. The number of hydrogen-bond acceptors (Lipinski definition) is 5. The van der Waals surface area contributed by atoms with Crippen LogP contribution in [0.15, 0.2) is 29.1 Å². The van der Waals surface area contributed by atoms with Crippen LogP contribution in [0, 0.1) is 13.8 Å². The lowest BCUT2D eigenvalue weighted by Gasteiger charge is -2.26. The Morgan fingerprint density at radius 1 is 1.27 bits per heavy atom. The number of carbonyl (C=O) groups is 1. The summed E-state index contributed by atoms with van der Waals surface area (Å²) in [6, 6.07) is 7.59. The van der Waals surface area contributed by atoms with E-state index >= 15 is 0 Å². The monoisotopic (exact) mass is 356 g/mol. The minimum atomic E-state index is -0.526. The Labute approximate surface area is 152 Å². The van der Waals surface area contributed by atoms with Crippen molar-refractivity contribution in [3.63, 3.8) is 0 Å². The van der Waals surface area contributed by atoms with Gasteiger partial charge < -0.3 is 15.0 Å². The minimum absolute atomic E-state index is 0.225. The van der Waals surface area contributed by atoms with Crippen LogP contribution < -0.4 is 11.0 Å². The summed E-state index contributed by atoms with van der Waals surface area (Å²) in [5.74, 6) is -0.302. The van der Waals surface area contributed by atoms with E-state index in [4.69, 9.17) is 4.74 Å². The highest BCUT2D eigenvalue weighted by atomic mass is 16.5. The summed E-state index contributed by atoms with van der Waals surface area (Å²) in [6.07, 6.45) is 0. The quantitative estimate of drug-likeness (QED) is 0.838. The normalized spacial score (nSPS) is 15.0. The van der Waals surface area contributed by atoms with Crippen molar-refractivity contribution >= 4 is 5.91 Å². The number of amides is 1. The molecule has 2 heterocycles. The second-order valence-electron chi connectivity index (χ2n) is 6.51. The molecule has 0 radical (unpaired) electrons. The van der Waals surface area contributed by atoms with Crippen LogP contribution in [0.1, 0.15) is 21.6 Å². The second kappa shape index (κ2) is 8.25. The lowest BCUT2D eigenvalue weighted by atomic mass is 10.0. The Kier molecular flexibility index (Phi) is 5.80. The van der Waals surface area contributed by atoms with Gasteiger partial charge in [-0.15, -0.1) is 0 Å². The summed E-state index contributed by atoms with van der Waals surface area (Å²) < 4.78 is 5.31. The number of nitrogens with zero attached hydrogens (tertiary/aromatic N) is 2. The van der Waals surface area contributed by atoms with Crippen LogP contribution >= 0.6 is 0 Å². The number of ether oxygens (including phenoxy) is 1. The van der Waals surface area contributed by atoms with Crippen LogP contribution in [0.5, 0.6) is 0 Å². The number of aromatic nitrogens is 2. The summed E-state index contributed by atoms with van der Waals surface area (Å²) in [5, 5.41) is 2.86. The number of aromatic amines is 1. The van der Waals surface area contributed by atoms with Crippen LogP contribution in [0.3, 0.4) is 0 Å². The molecule has 2 aromatic rings. The lowest BCUT2D eigenvalue weighted by molar-refractivity contribution is 0.0383. The molecule has 0 aliphatic carbocycles. The molecule has 1 aromatic heterocycles. The van der Waals surface area contributed by atoms with Crippen molar-refractivity contribution in [3.05, 3.63) is 51.6 Å². The van der Waals surface area contributed by atoms with Gasteiger partial charge in [-0.25, -0.2) is 4.79 Å². The van der Waals surface area contributed by atoms with Gasteiger partial charge in [0, 0.05) is 31.7 Å². The average molecular weight is 356 g/mol. The fourth-order valence-electron chi connectivity index (χ4n) is 2.98. The number of aryl methyl sites for hydroxylation is 2. The van der Waals surface area contributed by atoms with Gasteiger partial charge >= 0.3 is 5.69 Å². The van der Waals surface area contributed by atoms with E-state index in [1.54, 1.807) is 6.07 Å². The first kappa shape index (κ1) is 18.3. The number of carbonyl (C=O) groups excluding carboxylic acids is 1. The number of rotatable bonds is 5. The number of hydrogen-bond donors (Lipinski definition) is 2. The van der Waals surface area contributed by atoms with E-state index < -0.39 is 5.69 Å². The van der Waals surface area contributed by atoms with Crippen LogP contribution in [0.25, 0.3) is 11.3 Å². The summed E-state index contributed by atoms with van der Waals surface area (Å²) in [7, 11) is 0. The van der Waals surface area contributed by atoms with E-state index in [0.29, 0.717) is 12.2 Å². The fourth-order valence-corrected chi connectivity index (χ4v) is 2.98. The molecule has 1 saturated heterocycles. The SMILES string of the molecule is Cc1ccc(C)c(-c2cc(C(=O)NCCN3CCOCC3)[nH]c(=O)n2)c1. The van der Waals surface area contributed by atoms with Crippen molar-refractivity contribution in [1.82, 2.24) is 20.2 Å². The smallest absolute Gasteiger partial charge is 0.346 e. The first-order chi connectivity index (χ1) is 12.5. The van der Waals surface area contributed by atoms with Crippen molar-refractivity contribution in [1.29, 1.82) is 0 Å². The highest BCUT2D eigenvalue weighted by molar-refractivity contribution is 5.93. The number of morpholine rings is 1. The molecular formula is C19H24N4O3. The lowest BCUT2D eigenvalue weighted by Crippen LogP contribution is -2.41. The summed E-state index contributed by atoms with van der Waals surface area (Å²) in [5.41, 5.74) is 3.15. The third kappa shape index (κ3) is 4.56. The predicted octanol–water partition coefficient (Wildman–Crippen LogP) is 1.12. The topological polar surface area (TPSA) is 87.3 Å². The van der Waals surface area contributed by atoms with E-state index in [-0.39, 0.29) is 11.6 Å². The molecule has 0 atom stereocenters. The molecule has 1 aromatic carbocycles. The Morgan fingerprint density at radius 2 is 2.04 bits per heavy atom. The van der Waals surface area contributed by atoms with Gasteiger partial charge in [0.1, 0.15) is 5.69 Å². The molecule has 1 aliphatic rings. The highest BCUT2D eigenvalue weighted by Crippen LogP contribution is 2.22. The zero-order chi connectivity index (χ0) is 18.5. The van der Waals surface area contributed by atoms with Gasteiger partial charge in [0.25, 0.3) is 5.91 Å². The molecule has 0 unspecified atom stereocenters. The molecule has 2 N–H and O–H groups in total. The largest absolute Gasteiger partial charge is 0.379 e. The molecule has 1 aliphatic heterocycles. The van der Waals surface area contributed by atoms with Gasteiger partial charge in [-0.3, -0.25) is 9.69 Å². The molecule has 1 fully saturated rings. The van der Waals surface area contributed by atoms with Crippen molar-refractivity contribution in [2.75, 3.05) is 39.4 Å². The van der Waals surface area contributed by atoms with E-state index in [1.165, 1.54) is 0 Å². The predicted molar refractivity (Wildman–Crippen MR) is 99.4 cm³/mol. The molecule has 138 valence electrons. The molecule has 26 heavy (non-hydrogen) atoms. The van der Waals surface area contributed by atoms with Crippen molar-refractivity contribution in [2.45, 2.75) is 13.8 Å². The Bertz CT molecular complexity index is 841. The first-order valence-electron chi connectivity index (χ1n) is 8.80. The number of benzene rings is 1. The Balaban J connectivity index is 1.71. The average Bonchev–Trinajstić information content (AvgIpc) is 2.64. The Morgan fingerprint density at radius 3 is 2.81 bits per heavy atom. The minimum Gasteiger partial charge on any atom is -0.379 e. The van der Waals surface area contributed by atoms with Gasteiger partial charge in [-0.2, -0.15) is 4.98 Å². The molecular weight excluding hydrogens is 332 g/mol. The second-order valence-corrected chi connectivity index (χ2v) is 6.51. The zero-order valence-corrected chi connectivity index (χ0v) is 15.2. The van der Waals surface area contributed by atoms with Crippen LogP contribution in [0.4, 0.5) is 0 Å². The molecule has 1 amide bonds. The third-order valence-corrected chi connectivity index (χ3v) is 4.48. The number of H-pyrrole nitrogens is 1. The number of nitrogens with one attached hydrogen (secondary N) is 2. The molecule has 0 spiro atoms. The van der Waals surface area contributed by atoms with Crippen LogP contribution in [-0.4, -0.2) is 60.2 Å². The summed E-state index contributed by atoms with van der Waals surface area (Å²) in [4.78, 5) is 33.2. The maximum atomic E-state index is 12.4. The Hall–Kier alpha value is -2.51. The highest BCUT2D eigenvalue weighted by Gasteiger charge is 2.14. The van der Waals surface area contributed by atoms with Crippen molar-refractivity contribution in [2.24, 2.45) is 0 Å². The molecule has 7 heteroatoms. The van der Waals surface area contributed by atoms with E-state index in [9.17, 15) is 9.59 Å². The molecule has 0 bridgehead atoms. The van der Waals surface area contributed by atoms with E-state index in [2.05, 4.69) is 20.2 Å². The maximum Gasteiger partial charge on any atom is 0.346 e. The van der Waals surface area contributed by atoms with Gasteiger partial charge in [0.15, 0.2) is 0 Å². The van der Waals surface area contributed by atoms with E-state index in [1.807, 2.05) is 32.0 Å².